The molecule has 0 aliphatic carbocycles. The molecule has 28 heavy (non-hydrogen) atoms. The van der Waals surface area contributed by atoms with E-state index >= 15 is 0 Å². The minimum atomic E-state index is -3.94. The van der Waals surface area contributed by atoms with Crippen LogP contribution in [0.2, 0.25) is 0 Å². The van der Waals surface area contributed by atoms with Gasteiger partial charge in [-0.05, 0) is 36.8 Å². The van der Waals surface area contributed by atoms with Gasteiger partial charge in [0.15, 0.2) is 0 Å². The Balaban J connectivity index is 1.91. The van der Waals surface area contributed by atoms with Crippen molar-refractivity contribution >= 4 is 21.6 Å². The zero-order valence-corrected chi connectivity index (χ0v) is 16.3. The van der Waals surface area contributed by atoms with Gasteiger partial charge in [-0.2, -0.15) is 0 Å². The maximum absolute atomic E-state index is 13.1. The Morgan fingerprint density at radius 3 is 2.39 bits per heavy atom. The summed E-state index contributed by atoms with van der Waals surface area (Å²) >= 11 is 0. The zero-order valence-electron chi connectivity index (χ0n) is 15.4. The van der Waals surface area contributed by atoms with Gasteiger partial charge >= 0.3 is 0 Å². The number of aromatic nitrogens is 1. The lowest BCUT2D eigenvalue weighted by Crippen LogP contribution is -2.32. The first-order valence-corrected chi connectivity index (χ1v) is 10.3. The van der Waals surface area contributed by atoms with Gasteiger partial charge in [0.1, 0.15) is 4.90 Å². The van der Waals surface area contributed by atoms with Gasteiger partial charge < -0.3 is 4.90 Å². The van der Waals surface area contributed by atoms with Gasteiger partial charge in [-0.25, -0.2) is 8.42 Å². The second-order valence-corrected chi connectivity index (χ2v) is 7.80. The molecule has 6 nitrogen and oxygen atoms in total. The highest BCUT2D eigenvalue weighted by molar-refractivity contribution is 7.92. The molecule has 0 radical (unpaired) electrons. The number of nitrogens with zero attached hydrogens (tertiary/aromatic N) is 2. The lowest BCUT2D eigenvalue weighted by molar-refractivity contribution is 0.0748. The van der Waals surface area contributed by atoms with Gasteiger partial charge in [0.05, 0.1) is 17.4 Å². The van der Waals surface area contributed by atoms with Crippen molar-refractivity contribution < 1.29 is 13.2 Å². The highest BCUT2D eigenvalue weighted by Gasteiger charge is 2.25. The van der Waals surface area contributed by atoms with E-state index in [-0.39, 0.29) is 16.4 Å². The van der Waals surface area contributed by atoms with E-state index in [9.17, 15) is 13.2 Å². The number of hydrogen-bond acceptors (Lipinski definition) is 4. The minimum absolute atomic E-state index is 0.0598. The third-order valence-corrected chi connectivity index (χ3v) is 5.65. The summed E-state index contributed by atoms with van der Waals surface area (Å²) < 4.78 is 28.2. The average Bonchev–Trinajstić information content (AvgIpc) is 2.73. The number of carbonyl (C=O) groups excluding carboxylic acids is 1. The number of nitrogens with one attached hydrogen (secondary N) is 1. The number of benzene rings is 2. The van der Waals surface area contributed by atoms with Gasteiger partial charge in [-0.3, -0.25) is 14.5 Å². The summed E-state index contributed by atoms with van der Waals surface area (Å²) in [5.41, 5.74) is 1.45. The van der Waals surface area contributed by atoms with Gasteiger partial charge in [-0.1, -0.05) is 42.5 Å². The molecule has 0 aliphatic rings. The van der Waals surface area contributed by atoms with E-state index in [1.54, 1.807) is 35.4 Å². The van der Waals surface area contributed by atoms with Crippen LogP contribution in [-0.2, 0) is 16.6 Å². The monoisotopic (exact) mass is 395 g/mol. The van der Waals surface area contributed by atoms with Crippen LogP contribution >= 0.6 is 0 Å². The molecule has 7 heteroatoms. The maximum Gasteiger partial charge on any atom is 0.262 e. The summed E-state index contributed by atoms with van der Waals surface area (Å²) in [6.07, 6.45) is 2.97. The molecule has 1 N–H and O–H groups in total. The Kier molecular flexibility index (Phi) is 6.06. The first kappa shape index (κ1) is 19.6. The molecular formula is C21H21N3O3S. The Hall–Kier alpha value is -3.19. The van der Waals surface area contributed by atoms with Crippen LogP contribution in [0.15, 0.2) is 84.0 Å². The first-order valence-electron chi connectivity index (χ1n) is 8.86. The fourth-order valence-corrected chi connectivity index (χ4v) is 4.06. The van der Waals surface area contributed by atoms with Gasteiger partial charge in [0.2, 0.25) is 0 Å². The SMILES string of the molecule is CCN(Cc1ccccc1)C(=O)c1ccccc1S(=O)(=O)Nc1cccnc1. The first-order chi connectivity index (χ1) is 13.5. The molecule has 0 saturated heterocycles. The molecule has 0 fully saturated rings. The molecular weight excluding hydrogens is 374 g/mol. The Morgan fingerprint density at radius 2 is 1.71 bits per heavy atom. The summed E-state index contributed by atoms with van der Waals surface area (Å²) in [6.45, 7) is 2.73. The smallest absolute Gasteiger partial charge is 0.262 e. The molecule has 0 bridgehead atoms. The fourth-order valence-electron chi connectivity index (χ4n) is 2.81. The minimum Gasteiger partial charge on any atom is -0.335 e. The third-order valence-electron chi connectivity index (χ3n) is 4.21. The van der Waals surface area contributed by atoms with Crippen LogP contribution in [0, 0.1) is 0 Å². The van der Waals surface area contributed by atoms with Crippen molar-refractivity contribution in [3.63, 3.8) is 0 Å². The van der Waals surface area contributed by atoms with Crippen LogP contribution in [0.25, 0.3) is 0 Å². The molecule has 0 aliphatic heterocycles. The van der Waals surface area contributed by atoms with Crippen molar-refractivity contribution in [2.45, 2.75) is 18.4 Å². The van der Waals surface area contributed by atoms with Gasteiger partial charge in [-0.15, -0.1) is 0 Å². The summed E-state index contributed by atoms with van der Waals surface area (Å²) in [4.78, 5) is 18.6. The summed E-state index contributed by atoms with van der Waals surface area (Å²) in [5, 5.41) is 0. The number of sulfonamides is 1. The molecule has 144 valence electrons. The number of carbonyl (C=O) groups is 1. The van der Waals surface area contributed by atoms with E-state index in [0.717, 1.165) is 5.56 Å². The van der Waals surface area contributed by atoms with E-state index < -0.39 is 10.0 Å². The highest BCUT2D eigenvalue weighted by Crippen LogP contribution is 2.21. The molecule has 0 spiro atoms. The van der Waals surface area contributed by atoms with Crippen LogP contribution in [0.3, 0.4) is 0 Å². The van der Waals surface area contributed by atoms with Crippen LogP contribution < -0.4 is 4.72 Å². The van der Waals surface area contributed by atoms with Crippen molar-refractivity contribution in [3.8, 4) is 0 Å². The summed E-state index contributed by atoms with van der Waals surface area (Å²) in [7, 11) is -3.94. The molecule has 0 saturated carbocycles. The van der Waals surface area contributed by atoms with Gasteiger partial charge in [0, 0.05) is 19.3 Å². The van der Waals surface area contributed by atoms with Crippen LogP contribution in [0.5, 0.6) is 0 Å². The predicted molar refractivity (Wildman–Crippen MR) is 108 cm³/mol. The van der Waals surface area contributed by atoms with Crippen LogP contribution in [0.1, 0.15) is 22.8 Å². The molecule has 3 aromatic rings. The van der Waals surface area contributed by atoms with Crippen molar-refractivity contribution in [2.75, 3.05) is 11.3 Å². The Morgan fingerprint density at radius 1 is 1.00 bits per heavy atom. The summed E-state index contributed by atoms with van der Waals surface area (Å²) in [5.74, 6) is -0.335. The maximum atomic E-state index is 13.1. The molecule has 3 rings (SSSR count). The highest BCUT2D eigenvalue weighted by atomic mass is 32.2. The largest absolute Gasteiger partial charge is 0.335 e. The summed E-state index contributed by atoms with van der Waals surface area (Å²) in [6, 6.07) is 19.0. The number of anilines is 1. The van der Waals surface area contributed by atoms with E-state index in [2.05, 4.69) is 9.71 Å². The van der Waals surface area contributed by atoms with Crippen molar-refractivity contribution in [1.29, 1.82) is 0 Å². The van der Waals surface area contributed by atoms with E-state index in [1.807, 2.05) is 37.3 Å². The topological polar surface area (TPSA) is 79.4 Å². The normalized spacial score (nSPS) is 11.0. The van der Waals surface area contributed by atoms with Crippen molar-refractivity contribution in [1.82, 2.24) is 9.88 Å². The standard InChI is InChI=1S/C21H21N3O3S/c1-2-24(16-17-9-4-3-5-10-17)21(25)19-12-6-7-13-20(19)28(26,27)23-18-11-8-14-22-15-18/h3-15,23H,2,16H2,1H3. The van der Waals surface area contributed by atoms with Crippen LogP contribution in [-0.4, -0.2) is 30.8 Å². The quantitative estimate of drug-likeness (QED) is 0.664. The molecule has 1 aromatic heterocycles. The molecule has 1 heterocycles. The van der Waals surface area contributed by atoms with Crippen molar-refractivity contribution in [3.05, 3.63) is 90.3 Å². The Labute approximate surface area is 164 Å². The number of pyridine rings is 1. The van der Waals surface area contributed by atoms with Gasteiger partial charge in [0.25, 0.3) is 15.9 Å². The molecule has 0 unspecified atom stereocenters. The number of amides is 1. The average molecular weight is 395 g/mol. The Bertz CT molecular complexity index is 1040. The molecule has 2 aromatic carbocycles. The molecule has 0 atom stereocenters. The second-order valence-electron chi connectivity index (χ2n) is 6.15. The third kappa shape index (κ3) is 4.55. The lowest BCUT2D eigenvalue weighted by atomic mass is 10.1. The fraction of sp³-hybridized carbons (Fsp3) is 0.143. The number of hydrogen-bond donors (Lipinski definition) is 1. The predicted octanol–water partition coefficient (Wildman–Crippen LogP) is 3.54. The van der Waals surface area contributed by atoms with E-state index in [1.165, 1.54) is 18.3 Å². The van der Waals surface area contributed by atoms with E-state index in [0.29, 0.717) is 18.8 Å². The molecule has 1 amide bonds. The second kappa shape index (κ2) is 8.67. The van der Waals surface area contributed by atoms with Crippen LogP contribution in [0.4, 0.5) is 5.69 Å². The van der Waals surface area contributed by atoms with E-state index in [4.69, 9.17) is 0 Å². The lowest BCUT2D eigenvalue weighted by Gasteiger charge is -2.22. The van der Waals surface area contributed by atoms with Crippen molar-refractivity contribution in [2.24, 2.45) is 0 Å². The number of rotatable bonds is 7. The zero-order chi connectivity index (χ0) is 20.0.